The Morgan fingerprint density at radius 1 is 1.32 bits per heavy atom. The van der Waals surface area contributed by atoms with E-state index in [2.05, 4.69) is 4.74 Å². The number of β-lactam (4-membered cyclic amide) rings is 1. The van der Waals surface area contributed by atoms with Gasteiger partial charge in [0.25, 0.3) is 5.91 Å². The van der Waals surface area contributed by atoms with Crippen LogP contribution >= 0.6 is 0 Å². The van der Waals surface area contributed by atoms with Gasteiger partial charge in [0.1, 0.15) is 17.9 Å². The van der Waals surface area contributed by atoms with Gasteiger partial charge in [-0.2, -0.15) is 0 Å². The van der Waals surface area contributed by atoms with Crippen molar-refractivity contribution in [1.29, 1.82) is 0 Å². The number of ether oxygens (including phenoxy) is 3. The van der Waals surface area contributed by atoms with Crippen LogP contribution in [0.15, 0.2) is 11.3 Å². The number of hydrogen-bond donors (Lipinski definition) is 1. The minimum Gasteiger partial charge on any atom is -0.455 e. The number of esters is 1. The molecule has 2 aliphatic rings. The standard InChI is InChI=1S/C14H20N2O8S/c1-14(2,3)24-12(18)8-7(5-23-13(15)19)6-25(20,21)11-9(22-4)10(17)16(8)11/h9,11H,5-6H2,1-4H3,(H2,15,19)/t9-,11?/m0/s1. The van der Waals surface area contributed by atoms with E-state index in [-0.39, 0.29) is 11.3 Å². The van der Waals surface area contributed by atoms with Crippen LogP contribution in [0, 0.1) is 0 Å². The molecule has 1 saturated heterocycles. The normalized spacial score (nSPS) is 25.1. The van der Waals surface area contributed by atoms with E-state index in [4.69, 9.17) is 15.2 Å². The SMILES string of the molecule is CO[C@H]1C(=O)N2C(C(=O)OC(C)(C)C)=C(COC(N)=O)CS(=O)(=O)C12. The lowest BCUT2D eigenvalue weighted by molar-refractivity contribution is -0.167. The molecule has 0 bridgehead atoms. The van der Waals surface area contributed by atoms with Crippen molar-refractivity contribution in [3.63, 3.8) is 0 Å². The maximum atomic E-state index is 12.5. The monoisotopic (exact) mass is 376 g/mol. The Bertz CT molecular complexity index is 749. The number of methoxy groups -OCH3 is 1. The van der Waals surface area contributed by atoms with Crippen molar-refractivity contribution in [2.75, 3.05) is 19.5 Å². The summed E-state index contributed by atoms with van der Waals surface area (Å²) in [4.78, 5) is 36.4. The van der Waals surface area contributed by atoms with E-state index in [9.17, 15) is 22.8 Å². The summed E-state index contributed by atoms with van der Waals surface area (Å²) >= 11 is 0. The molecule has 0 radical (unpaired) electrons. The molecule has 25 heavy (non-hydrogen) atoms. The van der Waals surface area contributed by atoms with Gasteiger partial charge in [-0.25, -0.2) is 18.0 Å². The fourth-order valence-corrected chi connectivity index (χ4v) is 4.66. The Morgan fingerprint density at radius 2 is 1.92 bits per heavy atom. The van der Waals surface area contributed by atoms with Crippen LogP contribution in [0.4, 0.5) is 4.79 Å². The zero-order valence-electron chi connectivity index (χ0n) is 14.3. The lowest BCUT2D eigenvalue weighted by Crippen LogP contribution is -2.70. The molecule has 140 valence electrons. The van der Waals surface area contributed by atoms with Gasteiger partial charge in [-0.3, -0.25) is 9.69 Å². The maximum Gasteiger partial charge on any atom is 0.404 e. The third kappa shape index (κ3) is 3.61. The smallest absolute Gasteiger partial charge is 0.404 e. The Labute approximate surface area is 144 Å². The first-order chi connectivity index (χ1) is 11.4. The molecule has 0 aromatic rings. The number of amides is 2. The third-order valence-corrected chi connectivity index (χ3v) is 5.49. The average molecular weight is 376 g/mol. The molecule has 2 amide bonds. The van der Waals surface area contributed by atoms with Crippen LogP contribution in [0.3, 0.4) is 0 Å². The van der Waals surface area contributed by atoms with Gasteiger partial charge in [0.2, 0.25) is 0 Å². The molecule has 10 nitrogen and oxygen atoms in total. The molecule has 2 N–H and O–H groups in total. The number of fused-ring (bicyclic) bond motifs is 1. The van der Waals surface area contributed by atoms with E-state index in [0.717, 1.165) is 4.90 Å². The number of rotatable bonds is 4. The van der Waals surface area contributed by atoms with Crippen LogP contribution < -0.4 is 5.73 Å². The molecule has 1 unspecified atom stereocenters. The van der Waals surface area contributed by atoms with Crippen LogP contribution in [-0.4, -0.2) is 67.8 Å². The molecule has 0 aliphatic carbocycles. The highest BCUT2D eigenvalue weighted by Gasteiger charge is 2.60. The molecule has 2 heterocycles. The van der Waals surface area contributed by atoms with Gasteiger partial charge in [-0.05, 0) is 20.8 Å². The third-order valence-electron chi connectivity index (χ3n) is 3.55. The van der Waals surface area contributed by atoms with Crippen molar-refractivity contribution in [1.82, 2.24) is 4.90 Å². The van der Waals surface area contributed by atoms with Crippen LogP contribution in [0.1, 0.15) is 20.8 Å². The second kappa shape index (κ2) is 6.30. The first-order valence-corrected chi connectivity index (χ1v) is 9.05. The highest BCUT2D eigenvalue weighted by atomic mass is 32.2. The minimum atomic E-state index is -3.84. The molecule has 2 aliphatic heterocycles. The Balaban J connectivity index is 2.49. The van der Waals surface area contributed by atoms with Gasteiger partial charge in [-0.15, -0.1) is 0 Å². The Hall–Kier alpha value is -2.14. The Morgan fingerprint density at radius 3 is 2.40 bits per heavy atom. The lowest BCUT2D eigenvalue weighted by atomic mass is 10.1. The molecule has 11 heteroatoms. The quantitative estimate of drug-likeness (QED) is 0.501. The van der Waals surface area contributed by atoms with E-state index in [1.54, 1.807) is 20.8 Å². The summed E-state index contributed by atoms with van der Waals surface area (Å²) in [5.74, 6) is -2.16. The molecule has 0 saturated carbocycles. The number of hydrogen-bond acceptors (Lipinski definition) is 8. The number of sulfone groups is 1. The van der Waals surface area contributed by atoms with Crippen molar-refractivity contribution in [3.8, 4) is 0 Å². The predicted octanol–water partition coefficient (Wildman–Crippen LogP) is -0.711. The van der Waals surface area contributed by atoms with Crippen LogP contribution in [0.25, 0.3) is 0 Å². The first kappa shape index (κ1) is 19.2. The highest BCUT2D eigenvalue weighted by Crippen LogP contribution is 2.38. The largest absolute Gasteiger partial charge is 0.455 e. The molecule has 2 rings (SSSR count). The average Bonchev–Trinajstić information content (AvgIpc) is 2.43. The van der Waals surface area contributed by atoms with E-state index in [0.29, 0.717) is 0 Å². The van der Waals surface area contributed by atoms with Crippen molar-refractivity contribution < 1.29 is 37.0 Å². The predicted molar refractivity (Wildman–Crippen MR) is 83.6 cm³/mol. The van der Waals surface area contributed by atoms with Crippen LogP contribution in [-0.2, 0) is 33.6 Å². The maximum absolute atomic E-state index is 12.5. The topological polar surface area (TPSA) is 142 Å². The summed E-state index contributed by atoms with van der Waals surface area (Å²) in [6, 6.07) is 0. The minimum absolute atomic E-state index is 0.0767. The Kier molecular flexibility index (Phi) is 4.83. The van der Waals surface area contributed by atoms with Gasteiger partial charge < -0.3 is 19.9 Å². The summed E-state index contributed by atoms with van der Waals surface area (Å²) in [7, 11) is -2.64. The van der Waals surface area contributed by atoms with Crippen molar-refractivity contribution in [2.45, 2.75) is 37.9 Å². The van der Waals surface area contributed by atoms with E-state index >= 15 is 0 Å². The van der Waals surface area contributed by atoms with Crippen LogP contribution in [0.5, 0.6) is 0 Å². The fraction of sp³-hybridized carbons (Fsp3) is 0.643. The molecule has 1 fully saturated rings. The number of carbonyl (C=O) groups is 3. The van der Waals surface area contributed by atoms with Crippen LogP contribution in [0.2, 0.25) is 0 Å². The number of nitrogens with two attached hydrogens (primary N) is 1. The molecular formula is C14H20N2O8S. The lowest BCUT2D eigenvalue weighted by Gasteiger charge is -2.48. The highest BCUT2D eigenvalue weighted by molar-refractivity contribution is 7.92. The summed E-state index contributed by atoms with van der Waals surface area (Å²) in [6.45, 7) is 4.32. The van der Waals surface area contributed by atoms with Crippen molar-refractivity contribution >= 4 is 27.8 Å². The van der Waals surface area contributed by atoms with Gasteiger partial charge in [0.15, 0.2) is 21.3 Å². The van der Waals surface area contributed by atoms with Gasteiger partial charge in [0.05, 0.1) is 5.75 Å². The van der Waals surface area contributed by atoms with E-state index in [1.165, 1.54) is 7.11 Å². The van der Waals surface area contributed by atoms with Gasteiger partial charge in [-0.1, -0.05) is 0 Å². The van der Waals surface area contributed by atoms with E-state index < -0.39 is 57.2 Å². The zero-order chi connectivity index (χ0) is 19.2. The summed E-state index contributed by atoms with van der Waals surface area (Å²) in [6.07, 6.45) is -2.33. The molecule has 0 spiro atoms. The van der Waals surface area contributed by atoms with Gasteiger partial charge >= 0.3 is 12.1 Å². The zero-order valence-corrected chi connectivity index (χ0v) is 15.1. The summed E-state index contributed by atoms with van der Waals surface area (Å²) in [5.41, 5.74) is 3.69. The summed E-state index contributed by atoms with van der Waals surface area (Å²) < 4.78 is 39.7. The molecule has 2 atom stereocenters. The van der Waals surface area contributed by atoms with Gasteiger partial charge in [0, 0.05) is 12.7 Å². The molecular weight excluding hydrogens is 356 g/mol. The number of carbonyl (C=O) groups excluding carboxylic acids is 3. The second-order valence-corrected chi connectivity index (χ2v) is 8.72. The summed E-state index contributed by atoms with van der Waals surface area (Å²) in [5, 5.41) is -1.31. The first-order valence-electron chi connectivity index (χ1n) is 7.34. The number of primary amides is 1. The van der Waals surface area contributed by atoms with Crippen molar-refractivity contribution in [2.24, 2.45) is 5.73 Å². The number of nitrogens with zero attached hydrogens (tertiary/aromatic N) is 1. The molecule has 0 aromatic heterocycles. The second-order valence-electron chi connectivity index (χ2n) is 6.62. The fourth-order valence-electron chi connectivity index (χ4n) is 2.65. The molecule has 0 aromatic carbocycles. The van der Waals surface area contributed by atoms with E-state index in [1.807, 2.05) is 0 Å². The van der Waals surface area contributed by atoms with Crippen molar-refractivity contribution in [3.05, 3.63) is 11.3 Å².